The number of carbonyl (C=O) groups is 1. The van der Waals surface area contributed by atoms with Gasteiger partial charge in [-0.15, -0.1) is 12.4 Å². The maximum absolute atomic E-state index is 14.8. The first kappa shape index (κ1) is 25.2. The Balaban J connectivity index is 0.00000324. The highest BCUT2D eigenvalue weighted by molar-refractivity contribution is 6.05. The van der Waals surface area contributed by atoms with E-state index >= 15 is 0 Å². The molecule has 2 aromatic heterocycles. The predicted molar refractivity (Wildman–Crippen MR) is 126 cm³/mol. The first-order chi connectivity index (χ1) is 16.0. The summed E-state index contributed by atoms with van der Waals surface area (Å²) in [6.07, 6.45) is 4.18. The van der Waals surface area contributed by atoms with Gasteiger partial charge < -0.3 is 21.1 Å². The molecule has 0 saturated carbocycles. The molecule has 34 heavy (non-hydrogen) atoms. The molecule has 12 heteroatoms. The summed E-state index contributed by atoms with van der Waals surface area (Å²) in [5.41, 5.74) is 5.79. The average molecular weight is 492 g/mol. The summed E-state index contributed by atoms with van der Waals surface area (Å²) in [6, 6.07) is 5.22. The van der Waals surface area contributed by atoms with Crippen LogP contribution in [0.5, 0.6) is 5.75 Å². The fourth-order valence-electron chi connectivity index (χ4n) is 3.38. The molecule has 180 valence electrons. The number of nitrogens with two attached hydrogens (primary N) is 1. The van der Waals surface area contributed by atoms with E-state index in [1.165, 1.54) is 12.4 Å². The van der Waals surface area contributed by atoms with Gasteiger partial charge in [-0.3, -0.25) is 14.7 Å². The monoisotopic (exact) mass is 491 g/mol. The van der Waals surface area contributed by atoms with Crippen LogP contribution >= 0.6 is 12.4 Å². The number of hydrogen-bond donors (Lipinski definition) is 3. The molecule has 3 heterocycles. The van der Waals surface area contributed by atoms with Crippen molar-refractivity contribution in [2.45, 2.75) is 0 Å². The van der Waals surface area contributed by atoms with Crippen LogP contribution in [0, 0.1) is 11.6 Å². The third kappa shape index (κ3) is 6.13. The third-order valence-corrected chi connectivity index (χ3v) is 5.11. The number of benzene rings is 1. The summed E-state index contributed by atoms with van der Waals surface area (Å²) in [7, 11) is 0. The third-order valence-electron chi connectivity index (χ3n) is 5.11. The molecule has 1 saturated heterocycles. The molecule has 0 atom stereocenters. The fraction of sp³-hybridized carbons (Fsp3) is 0.273. The van der Waals surface area contributed by atoms with Crippen LogP contribution in [0.25, 0.3) is 11.3 Å². The van der Waals surface area contributed by atoms with Gasteiger partial charge in [-0.05, 0) is 18.2 Å². The molecule has 0 radical (unpaired) electrons. The Morgan fingerprint density at radius 2 is 2.00 bits per heavy atom. The van der Waals surface area contributed by atoms with E-state index in [0.29, 0.717) is 12.2 Å². The molecule has 1 aromatic carbocycles. The summed E-state index contributed by atoms with van der Waals surface area (Å²) in [5, 5.41) is 5.83. The van der Waals surface area contributed by atoms with Crippen molar-refractivity contribution >= 4 is 29.8 Å². The van der Waals surface area contributed by atoms with Crippen LogP contribution in [-0.2, 0) is 0 Å². The number of anilines is 2. The lowest BCUT2D eigenvalue weighted by Gasteiger charge is -2.26. The zero-order valence-electron chi connectivity index (χ0n) is 18.1. The van der Waals surface area contributed by atoms with E-state index in [9.17, 15) is 13.6 Å². The zero-order valence-corrected chi connectivity index (χ0v) is 18.9. The Labute approximate surface area is 201 Å². The standard InChI is InChI=1S/C22H23F2N7O2.ClH/c23-16-11-19(33-9-8-31-6-4-26-5-7-31)17(24)10-15(16)18-13-28-21(25)20(30-18)22(32)29-14-2-1-3-27-12-14;/h1-3,10-13,26H,4-9H2,(H2,25,28)(H,29,32);1H. The molecule has 1 aliphatic heterocycles. The SMILES string of the molecule is Cl.Nc1ncc(-c2cc(F)c(OCCN3CCNCC3)cc2F)nc1C(=O)Nc1cccnc1. The Hall–Kier alpha value is -3.41. The number of aromatic nitrogens is 3. The number of halogens is 3. The van der Waals surface area contributed by atoms with Crippen molar-refractivity contribution in [1.29, 1.82) is 0 Å². The van der Waals surface area contributed by atoms with Crippen LogP contribution in [0.4, 0.5) is 20.3 Å². The van der Waals surface area contributed by atoms with E-state index in [1.807, 2.05) is 0 Å². The van der Waals surface area contributed by atoms with E-state index in [-0.39, 0.29) is 47.5 Å². The van der Waals surface area contributed by atoms with E-state index < -0.39 is 17.5 Å². The van der Waals surface area contributed by atoms with E-state index in [2.05, 4.69) is 30.5 Å². The van der Waals surface area contributed by atoms with Gasteiger partial charge in [-0.2, -0.15) is 0 Å². The molecule has 9 nitrogen and oxygen atoms in total. The van der Waals surface area contributed by atoms with Gasteiger partial charge in [0.1, 0.15) is 12.4 Å². The number of nitrogen functional groups attached to an aromatic ring is 1. The van der Waals surface area contributed by atoms with Gasteiger partial charge >= 0.3 is 0 Å². The maximum atomic E-state index is 14.8. The summed E-state index contributed by atoms with van der Waals surface area (Å²) < 4.78 is 34.9. The van der Waals surface area contributed by atoms with Crippen molar-refractivity contribution in [3.05, 3.63) is 60.2 Å². The molecule has 4 rings (SSSR count). The zero-order chi connectivity index (χ0) is 23.2. The lowest BCUT2D eigenvalue weighted by atomic mass is 10.1. The van der Waals surface area contributed by atoms with Crippen LogP contribution in [0.1, 0.15) is 10.5 Å². The highest BCUT2D eigenvalue weighted by atomic mass is 35.5. The second-order valence-corrected chi connectivity index (χ2v) is 7.39. The molecule has 0 bridgehead atoms. The van der Waals surface area contributed by atoms with Crippen LogP contribution in [0.2, 0.25) is 0 Å². The van der Waals surface area contributed by atoms with E-state index in [0.717, 1.165) is 38.3 Å². The first-order valence-corrected chi connectivity index (χ1v) is 10.4. The number of rotatable bonds is 7. The quantitative estimate of drug-likeness (QED) is 0.461. The molecular formula is C22H24ClF2N7O2. The predicted octanol–water partition coefficient (Wildman–Crippen LogP) is 2.36. The van der Waals surface area contributed by atoms with Gasteiger partial charge in [0.05, 0.1) is 23.8 Å². The first-order valence-electron chi connectivity index (χ1n) is 10.4. The Kier molecular flexibility index (Phi) is 8.63. The summed E-state index contributed by atoms with van der Waals surface area (Å²) in [6.45, 7) is 4.39. The topological polar surface area (TPSA) is 118 Å². The van der Waals surface area contributed by atoms with Gasteiger partial charge in [0.15, 0.2) is 23.1 Å². The number of amides is 1. The minimum absolute atomic E-state index is 0. The smallest absolute Gasteiger partial charge is 0.278 e. The molecule has 0 unspecified atom stereocenters. The average Bonchev–Trinajstić information content (AvgIpc) is 2.83. The second kappa shape index (κ2) is 11.6. The molecule has 1 aliphatic rings. The summed E-state index contributed by atoms with van der Waals surface area (Å²) >= 11 is 0. The van der Waals surface area contributed by atoms with Crippen molar-refractivity contribution in [2.75, 3.05) is 50.4 Å². The lowest BCUT2D eigenvalue weighted by Crippen LogP contribution is -2.44. The molecule has 0 aliphatic carbocycles. The number of pyridine rings is 1. The molecule has 4 N–H and O–H groups in total. The van der Waals surface area contributed by atoms with Crippen LogP contribution < -0.4 is 21.1 Å². The largest absolute Gasteiger partial charge is 0.489 e. The minimum atomic E-state index is -0.758. The summed E-state index contributed by atoms with van der Waals surface area (Å²) in [4.78, 5) is 26.7. The van der Waals surface area contributed by atoms with Crippen molar-refractivity contribution in [3.63, 3.8) is 0 Å². The second-order valence-electron chi connectivity index (χ2n) is 7.39. The lowest BCUT2D eigenvalue weighted by molar-refractivity contribution is 0.102. The molecule has 0 spiro atoms. The highest BCUT2D eigenvalue weighted by Crippen LogP contribution is 2.28. The van der Waals surface area contributed by atoms with Gasteiger partial charge in [0.2, 0.25) is 0 Å². The number of ether oxygens (including phenoxy) is 1. The van der Waals surface area contributed by atoms with Gasteiger partial charge in [-0.25, -0.2) is 18.7 Å². The molecular weight excluding hydrogens is 468 g/mol. The molecule has 1 fully saturated rings. The number of nitrogens with one attached hydrogen (secondary N) is 2. The molecule has 1 amide bonds. The minimum Gasteiger partial charge on any atom is -0.489 e. The Bertz CT molecular complexity index is 1130. The number of piperazine rings is 1. The van der Waals surface area contributed by atoms with Gasteiger partial charge in [-0.1, -0.05) is 0 Å². The van der Waals surface area contributed by atoms with Crippen molar-refractivity contribution < 1.29 is 18.3 Å². The number of carbonyl (C=O) groups excluding carboxylic acids is 1. The van der Waals surface area contributed by atoms with E-state index in [1.54, 1.807) is 18.3 Å². The molecule has 3 aromatic rings. The summed E-state index contributed by atoms with van der Waals surface area (Å²) in [5.74, 6) is -2.49. The normalized spacial score (nSPS) is 13.7. The number of nitrogens with zero attached hydrogens (tertiary/aromatic N) is 4. The number of hydrogen-bond acceptors (Lipinski definition) is 8. The van der Waals surface area contributed by atoms with Crippen molar-refractivity contribution in [2.24, 2.45) is 0 Å². The van der Waals surface area contributed by atoms with Gasteiger partial charge in [0.25, 0.3) is 5.91 Å². The van der Waals surface area contributed by atoms with Crippen LogP contribution in [0.15, 0.2) is 42.9 Å². The van der Waals surface area contributed by atoms with E-state index in [4.69, 9.17) is 10.5 Å². The van der Waals surface area contributed by atoms with Crippen LogP contribution in [0.3, 0.4) is 0 Å². The Morgan fingerprint density at radius 3 is 2.74 bits per heavy atom. The highest BCUT2D eigenvalue weighted by Gasteiger charge is 2.19. The van der Waals surface area contributed by atoms with Crippen molar-refractivity contribution in [3.8, 4) is 17.0 Å². The fourth-order valence-corrected chi connectivity index (χ4v) is 3.38. The van der Waals surface area contributed by atoms with Crippen LogP contribution in [-0.4, -0.2) is 65.1 Å². The maximum Gasteiger partial charge on any atom is 0.278 e. The van der Waals surface area contributed by atoms with Gasteiger partial charge in [0, 0.05) is 50.6 Å². The Morgan fingerprint density at radius 1 is 1.21 bits per heavy atom. The van der Waals surface area contributed by atoms with Crippen molar-refractivity contribution in [1.82, 2.24) is 25.2 Å².